The third-order valence-electron chi connectivity index (χ3n) is 4.16. The van der Waals surface area contributed by atoms with Crippen LogP contribution in [0.2, 0.25) is 0 Å². The fourth-order valence-electron chi connectivity index (χ4n) is 2.86. The maximum absolute atomic E-state index is 13.9. The summed E-state index contributed by atoms with van der Waals surface area (Å²) in [5.74, 6) is 0.379. The van der Waals surface area contributed by atoms with Crippen molar-refractivity contribution in [2.24, 2.45) is 5.92 Å². The molecule has 0 radical (unpaired) electrons. The van der Waals surface area contributed by atoms with Crippen LogP contribution < -0.4 is 4.74 Å². The van der Waals surface area contributed by atoms with Gasteiger partial charge >= 0.3 is 0 Å². The summed E-state index contributed by atoms with van der Waals surface area (Å²) in [6.45, 7) is 1.13. The highest BCUT2D eigenvalue weighted by Crippen LogP contribution is 2.33. The summed E-state index contributed by atoms with van der Waals surface area (Å²) in [5.41, 5.74) is 1.80. The molecule has 1 saturated heterocycles. The molecule has 2 aromatic rings. The Balaban J connectivity index is 1.71. The van der Waals surface area contributed by atoms with Gasteiger partial charge < -0.3 is 14.6 Å². The van der Waals surface area contributed by atoms with E-state index in [0.717, 1.165) is 17.5 Å². The lowest BCUT2D eigenvalue weighted by atomic mass is 9.92. The molecule has 0 saturated carbocycles. The molecule has 0 aliphatic carbocycles. The average molecular weight is 316 g/mol. The van der Waals surface area contributed by atoms with E-state index in [1.165, 1.54) is 12.1 Å². The normalized spacial score (nSPS) is 21.1. The van der Waals surface area contributed by atoms with Gasteiger partial charge in [0.15, 0.2) is 0 Å². The van der Waals surface area contributed by atoms with Crippen LogP contribution in [0, 0.1) is 11.7 Å². The molecular formula is C19H21FO3. The Morgan fingerprint density at radius 3 is 2.78 bits per heavy atom. The fraction of sp³-hybridized carbons (Fsp3) is 0.368. The van der Waals surface area contributed by atoms with Crippen molar-refractivity contribution in [2.75, 3.05) is 13.2 Å². The van der Waals surface area contributed by atoms with E-state index in [0.29, 0.717) is 25.4 Å². The fourth-order valence-corrected chi connectivity index (χ4v) is 2.86. The standard InChI is InChI=1S/C19H21FO3/c20-17-9-16(19-8-15(12-21)6-7-22-19)10-18(11-17)23-13-14-4-2-1-3-5-14/h1-5,9-11,15,19,21H,6-8,12-13H2. The molecule has 3 nitrogen and oxygen atoms in total. The zero-order valence-corrected chi connectivity index (χ0v) is 13.0. The van der Waals surface area contributed by atoms with Crippen molar-refractivity contribution >= 4 is 0 Å². The Labute approximate surface area is 135 Å². The van der Waals surface area contributed by atoms with E-state index in [9.17, 15) is 9.50 Å². The van der Waals surface area contributed by atoms with Gasteiger partial charge in [0.1, 0.15) is 18.2 Å². The number of aliphatic hydroxyl groups is 1. The van der Waals surface area contributed by atoms with Gasteiger partial charge in [-0.05, 0) is 42.0 Å². The topological polar surface area (TPSA) is 38.7 Å². The van der Waals surface area contributed by atoms with E-state index >= 15 is 0 Å². The lowest BCUT2D eigenvalue weighted by Gasteiger charge is -2.29. The summed E-state index contributed by atoms with van der Waals surface area (Å²) in [7, 11) is 0. The second-order valence-electron chi connectivity index (χ2n) is 5.93. The highest BCUT2D eigenvalue weighted by molar-refractivity contribution is 5.31. The number of halogens is 1. The first-order chi connectivity index (χ1) is 11.2. The first-order valence-electron chi connectivity index (χ1n) is 7.94. The van der Waals surface area contributed by atoms with E-state index < -0.39 is 0 Å². The van der Waals surface area contributed by atoms with Crippen LogP contribution in [0.5, 0.6) is 5.75 Å². The average Bonchev–Trinajstić information content (AvgIpc) is 2.60. The molecule has 2 unspecified atom stereocenters. The minimum Gasteiger partial charge on any atom is -0.489 e. The van der Waals surface area contributed by atoms with Crippen LogP contribution in [0.25, 0.3) is 0 Å². The second kappa shape index (κ2) is 7.57. The molecule has 3 rings (SSSR count). The van der Waals surface area contributed by atoms with Crippen LogP contribution in [0.3, 0.4) is 0 Å². The Morgan fingerprint density at radius 1 is 1.17 bits per heavy atom. The summed E-state index contributed by atoms with van der Waals surface area (Å²) >= 11 is 0. The van der Waals surface area contributed by atoms with Crippen molar-refractivity contribution in [3.63, 3.8) is 0 Å². The molecule has 2 atom stereocenters. The Bertz CT molecular complexity index is 630. The summed E-state index contributed by atoms with van der Waals surface area (Å²) in [6.07, 6.45) is 1.37. The lowest BCUT2D eigenvalue weighted by molar-refractivity contribution is -0.0228. The van der Waals surface area contributed by atoms with Crippen molar-refractivity contribution < 1.29 is 19.0 Å². The summed E-state index contributed by atoms with van der Waals surface area (Å²) in [6, 6.07) is 14.5. The van der Waals surface area contributed by atoms with Crippen LogP contribution in [0.4, 0.5) is 4.39 Å². The highest BCUT2D eigenvalue weighted by atomic mass is 19.1. The molecule has 1 aliphatic rings. The van der Waals surface area contributed by atoms with Gasteiger partial charge in [0.2, 0.25) is 0 Å². The molecule has 0 amide bonds. The van der Waals surface area contributed by atoms with E-state index in [1.54, 1.807) is 0 Å². The molecule has 1 N–H and O–H groups in total. The number of ether oxygens (including phenoxy) is 2. The Hall–Kier alpha value is -1.91. The number of rotatable bonds is 5. The predicted octanol–water partition coefficient (Wildman–Crippen LogP) is 3.86. The van der Waals surface area contributed by atoms with Crippen molar-refractivity contribution in [3.8, 4) is 5.75 Å². The molecule has 0 bridgehead atoms. The third-order valence-corrected chi connectivity index (χ3v) is 4.16. The SMILES string of the molecule is OCC1CCOC(c2cc(F)cc(OCc3ccccc3)c2)C1. The van der Waals surface area contributed by atoms with E-state index in [2.05, 4.69) is 0 Å². The van der Waals surface area contributed by atoms with Crippen LogP contribution in [-0.4, -0.2) is 18.3 Å². The Kier molecular flexibility index (Phi) is 5.26. The predicted molar refractivity (Wildman–Crippen MR) is 85.7 cm³/mol. The molecule has 1 aliphatic heterocycles. The molecule has 0 aromatic heterocycles. The van der Waals surface area contributed by atoms with Crippen molar-refractivity contribution in [3.05, 3.63) is 65.5 Å². The van der Waals surface area contributed by atoms with Gasteiger partial charge in [-0.15, -0.1) is 0 Å². The maximum Gasteiger partial charge on any atom is 0.127 e. The van der Waals surface area contributed by atoms with Gasteiger partial charge in [0.25, 0.3) is 0 Å². The minimum atomic E-state index is -0.333. The van der Waals surface area contributed by atoms with E-state index in [1.807, 2.05) is 36.4 Å². The smallest absolute Gasteiger partial charge is 0.127 e. The van der Waals surface area contributed by atoms with Gasteiger partial charge in [0, 0.05) is 19.3 Å². The monoisotopic (exact) mass is 316 g/mol. The van der Waals surface area contributed by atoms with Crippen LogP contribution in [0.15, 0.2) is 48.5 Å². The molecule has 1 heterocycles. The number of hydrogen-bond donors (Lipinski definition) is 1. The highest BCUT2D eigenvalue weighted by Gasteiger charge is 2.24. The van der Waals surface area contributed by atoms with Gasteiger partial charge in [-0.2, -0.15) is 0 Å². The molecule has 2 aromatic carbocycles. The first-order valence-corrected chi connectivity index (χ1v) is 7.94. The molecule has 0 spiro atoms. The summed E-state index contributed by atoms with van der Waals surface area (Å²) < 4.78 is 25.4. The molecule has 1 fully saturated rings. The van der Waals surface area contributed by atoms with Crippen LogP contribution >= 0.6 is 0 Å². The maximum atomic E-state index is 13.9. The molecular weight excluding hydrogens is 295 g/mol. The quantitative estimate of drug-likeness (QED) is 0.910. The molecule has 4 heteroatoms. The number of aliphatic hydroxyl groups excluding tert-OH is 1. The van der Waals surface area contributed by atoms with Crippen molar-refractivity contribution in [1.82, 2.24) is 0 Å². The first kappa shape index (κ1) is 16.0. The number of hydrogen-bond acceptors (Lipinski definition) is 3. The molecule has 23 heavy (non-hydrogen) atoms. The van der Waals surface area contributed by atoms with E-state index in [-0.39, 0.29) is 24.4 Å². The second-order valence-corrected chi connectivity index (χ2v) is 5.93. The minimum absolute atomic E-state index is 0.145. The van der Waals surface area contributed by atoms with E-state index in [4.69, 9.17) is 9.47 Å². The van der Waals surface area contributed by atoms with Crippen molar-refractivity contribution in [1.29, 1.82) is 0 Å². The summed E-state index contributed by atoms with van der Waals surface area (Å²) in [4.78, 5) is 0. The van der Waals surface area contributed by atoms with Gasteiger partial charge in [0.05, 0.1) is 6.10 Å². The van der Waals surface area contributed by atoms with Crippen molar-refractivity contribution in [2.45, 2.75) is 25.6 Å². The van der Waals surface area contributed by atoms with Gasteiger partial charge in [-0.25, -0.2) is 4.39 Å². The Morgan fingerprint density at radius 2 is 2.00 bits per heavy atom. The molecule has 122 valence electrons. The van der Waals surface area contributed by atoms with Crippen LogP contribution in [0.1, 0.15) is 30.1 Å². The lowest BCUT2D eigenvalue weighted by Crippen LogP contribution is -2.22. The third kappa shape index (κ3) is 4.30. The van der Waals surface area contributed by atoms with Gasteiger partial charge in [-0.1, -0.05) is 30.3 Å². The largest absolute Gasteiger partial charge is 0.489 e. The van der Waals surface area contributed by atoms with Crippen LogP contribution in [-0.2, 0) is 11.3 Å². The van der Waals surface area contributed by atoms with Gasteiger partial charge in [-0.3, -0.25) is 0 Å². The number of benzene rings is 2. The summed E-state index contributed by atoms with van der Waals surface area (Å²) in [5, 5.41) is 9.32. The zero-order chi connectivity index (χ0) is 16.1. The zero-order valence-electron chi connectivity index (χ0n) is 13.0.